The summed E-state index contributed by atoms with van der Waals surface area (Å²) in [6, 6.07) is 5.02. The molecule has 0 aliphatic carbocycles. The number of carbonyl (C=O) groups excluding carboxylic acids is 1. The molecule has 2 rings (SSSR count). The summed E-state index contributed by atoms with van der Waals surface area (Å²) in [4.78, 5) is 13.8. The van der Waals surface area contributed by atoms with Gasteiger partial charge in [-0.15, -0.1) is 0 Å². The number of nitrogens with zero attached hydrogens (tertiary/aromatic N) is 1. The van der Waals surface area contributed by atoms with E-state index in [1.807, 2.05) is 6.92 Å². The third-order valence-electron chi connectivity index (χ3n) is 3.36. The van der Waals surface area contributed by atoms with Crippen molar-refractivity contribution < 1.29 is 18.0 Å². The third-order valence-corrected chi connectivity index (χ3v) is 3.36. The number of alkyl halides is 3. The van der Waals surface area contributed by atoms with Gasteiger partial charge in [-0.25, -0.2) is 0 Å². The van der Waals surface area contributed by atoms with E-state index in [2.05, 4.69) is 5.32 Å². The lowest BCUT2D eigenvalue weighted by molar-refractivity contribution is -0.137. The fourth-order valence-corrected chi connectivity index (χ4v) is 2.26. The topological polar surface area (TPSA) is 32.3 Å². The fourth-order valence-electron chi connectivity index (χ4n) is 2.26. The van der Waals surface area contributed by atoms with Crippen LogP contribution in [0.3, 0.4) is 0 Å². The zero-order valence-corrected chi connectivity index (χ0v) is 11.2. The van der Waals surface area contributed by atoms with Gasteiger partial charge in [0.2, 0.25) is 5.91 Å². The van der Waals surface area contributed by atoms with Gasteiger partial charge in [0.15, 0.2) is 0 Å². The molecule has 0 unspecified atom stereocenters. The van der Waals surface area contributed by atoms with Crippen molar-refractivity contribution in [1.82, 2.24) is 10.2 Å². The molecule has 0 radical (unpaired) electrons. The normalized spacial score (nSPS) is 20.0. The Morgan fingerprint density at radius 3 is 2.55 bits per heavy atom. The van der Waals surface area contributed by atoms with Gasteiger partial charge < -0.3 is 10.2 Å². The monoisotopic (exact) mass is 286 g/mol. The smallest absolute Gasteiger partial charge is 0.340 e. The summed E-state index contributed by atoms with van der Waals surface area (Å²) in [5, 5.41) is 3.24. The highest BCUT2D eigenvalue weighted by Crippen LogP contribution is 2.29. The summed E-state index contributed by atoms with van der Waals surface area (Å²) in [5.74, 6) is -0.0434. The van der Waals surface area contributed by atoms with Crippen molar-refractivity contribution in [3.8, 4) is 0 Å². The quantitative estimate of drug-likeness (QED) is 0.902. The molecule has 0 spiro atoms. The van der Waals surface area contributed by atoms with Crippen LogP contribution in [0.5, 0.6) is 0 Å². The molecular formula is C14H17F3N2O. The summed E-state index contributed by atoms with van der Waals surface area (Å²) in [6.45, 7) is 4.03. The standard InChI is InChI=1S/C14H17F3N2O/c1-10-9-19(7-6-18-10)13(20)8-11-2-4-12(5-3-11)14(15,16)17/h2-5,10,18H,6-9H2,1H3/t10-/m1/s1. The largest absolute Gasteiger partial charge is 0.416 e. The van der Waals surface area contributed by atoms with Crippen LogP contribution < -0.4 is 5.32 Å². The van der Waals surface area contributed by atoms with Crippen molar-refractivity contribution in [1.29, 1.82) is 0 Å². The Kier molecular flexibility index (Phi) is 4.32. The molecule has 1 atom stereocenters. The van der Waals surface area contributed by atoms with Crippen LogP contribution in [0.1, 0.15) is 18.1 Å². The molecular weight excluding hydrogens is 269 g/mol. The minimum absolute atomic E-state index is 0.0434. The number of benzene rings is 1. The van der Waals surface area contributed by atoms with E-state index in [0.29, 0.717) is 18.7 Å². The van der Waals surface area contributed by atoms with Gasteiger partial charge in [0, 0.05) is 25.7 Å². The molecule has 1 amide bonds. The second kappa shape index (κ2) is 5.83. The van der Waals surface area contributed by atoms with Crippen molar-refractivity contribution >= 4 is 5.91 Å². The Morgan fingerprint density at radius 2 is 2.00 bits per heavy atom. The van der Waals surface area contributed by atoms with E-state index in [0.717, 1.165) is 18.7 Å². The average Bonchev–Trinajstić information content (AvgIpc) is 2.38. The molecule has 1 N–H and O–H groups in total. The Labute approximate surface area is 115 Å². The van der Waals surface area contributed by atoms with Crippen LogP contribution in [0.25, 0.3) is 0 Å². The number of nitrogens with one attached hydrogen (secondary N) is 1. The van der Waals surface area contributed by atoms with Crippen LogP contribution in [0, 0.1) is 0 Å². The molecule has 6 heteroatoms. The zero-order chi connectivity index (χ0) is 14.8. The van der Waals surface area contributed by atoms with Gasteiger partial charge in [0.05, 0.1) is 12.0 Å². The number of hydrogen-bond donors (Lipinski definition) is 1. The van der Waals surface area contributed by atoms with Gasteiger partial charge in [0.25, 0.3) is 0 Å². The average molecular weight is 286 g/mol. The predicted molar refractivity (Wildman–Crippen MR) is 69.2 cm³/mol. The van der Waals surface area contributed by atoms with E-state index >= 15 is 0 Å². The first-order valence-electron chi connectivity index (χ1n) is 6.53. The van der Waals surface area contributed by atoms with Gasteiger partial charge >= 0.3 is 6.18 Å². The Balaban J connectivity index is 1.97. The van der Waals surface area contributed by atoms with Gasteiger partial charge in [-0.2, -0.15) is 13.2 Å². The summed E-state index contributed by atoms with van der Waals surface area (Å²) < 4.78 is 37.3. The third kappa shape index (κ3) is 3.72. The second-order valence-corrected chi connectivity index (χ2v) is 5.07. The highest BCUT2D eigenvalue weighted by Gasteiger charge is 2.30. The maximum Gasteiger partial charge on any atom is 0.416 e. The molecule has 1 aliphatic heterocycles. The fraction of sp³-hybridized carbons (Fsp3) is 0.500. The number of hydrogen-bond acceptors (Lipinski definition) is 2. The lowest BCUT2D eigenvalue weighted by Crippen LogP contribution is -2.51. The van der Waals surface area contributed by atoms with Crippen molar-refractivity contribution in [2.45, 2.75) is 25.6 Å². The maximum atomic E-state index is 12.4. The number of carbonyl (C=O) groups is 1. The maximum absolute atomic E-state index is 12.4. The van der Waals surface area contributed by atoms with E-state index < -0.39 is 11.7 Å². The molecule has 1 heterocycles. The van der Waals surface area contributed by atoms with E-state index in [-0.39, 0.29) is 18.4 Å². The van der Waals surface area contributed by atoms with Crippen LogP contribution in [0.2, 0.25) is 0 Å². The summed E-state index contributed by atoms with van der Waals surface area (Å²) in [5.41, 5.74) is -0.0846. The second-order valence-electron chi connectivity index (χ2n) is 5.07. The predicted octanol–water partition coefficient (Wildman–Crippen LogP) is 2.07. The van der Waals surface area contributed by atoms with Gasteiger partial charge in [-0.3, -0.25) is 4.79 Å². The molecule has 1 fully saturated rings. The SMILES string of the molecule is C[C@@H]1CN(C(=O)Cc2ccc(C(F)(F)F)cc2)CCN1. The molecule has 20 heavy (non-hydrogen) atoms. The summed E-state index contributed by atoms with van der Waals surface area (Å²) in [7, 11) is 0. The van der Waals surface area contributed by atoms with Crippen LogP contribution in [0.4, 0.5) is 13.2 Å². The number of halogens is 3. The Morgan fingerprint density at radius 1 is 1.35 bits per heavy atom. The first-order valence-corrected chi connectivity index (χ1v) is 6.53. The first kappa shape index (κ1) is 14.8. The molecule has 1 aromatic rings. The van der Waals surface area contributed by atoms with Gasteiger partial charge in [-0.1, -0.05) is 12.1 Å². The minimum atomic E-state index is -4.34. The lowest BCUT2D eigenvalue weighted by Gasteiger charge is -2.32. The molecule has 110 valence electrons. The van der Waals surface area contributed by atoms with Crippen molar-refractivity contribution in [3.63, 3.8) is 0 Å². The van der Waals surface area contributed by atoms with Gasteiger partial charge in [-0.05, 0) is 24.6 Å². The van der Waals surface area contributed by atoms with E-state index in [4.69, 9.17) is 0 Å². The Hall–Kier alpha value is -1.56. The molecule has 1 aliphatic rings. The molecule has 3 nitrogen and oxygen atoms in total. The molecule has 0 aromatic heterocycles. The van der Waals surface area contributed by atoms with Crippen molar-refractivity contribution in [2.75, 3.05) is 19.6 Å². The van der Waals surface area contributed by atoms with E-state index in [1.165, 1.54) is 12.1 Å². The number of rotatable bonds is 2. The van der Waals surface area contributed by atoms with E-state index in [9.17, 15) is 18.0 Å². The lowest BCUT2D eigenvalue weighted by atomic mass is 10.1. The number of amides is 1. The van der Waals surface area contributed by atoms with Crippen LogP contribution in [-0.4, -0.2) is 36.5 Å². The summed E-state index contributed by atoms with van der Waals surface area (Å²) in [6.07, 6.45) is -4.19. The summed E-state index contributed by atoms with van der Waals surface area (Å²) >= 11 is 0. The minimum Gasteiger partial charge on any atom is -0.340 e. The van der Waals surface area contributed by atoms with Crippen LogP contribution >= 0.6 is 0 Å². The molecule has 1 saturated heterocycles. The van der Waals surface area contributed by atoms with Gasteiger partial charge in [0.1, 0.15) is 0 Å². The Bertz CT molecular complexity index is 470. The molecule has 0 saturated carbocycles. The number of piperazine rings is 1. The molecule has 0 bridgehead atoms. The first-order chi connectivity index (χ1) is 9.36. The van der Waals surface area contributed by atoms with Crippen molar-refractivity contribution in [3.05, 3.63) is 35.4 Å². The highest BCUT2D eigenvalue weighted by molar-refractivity contribution is 5.79. The zero-order valence-electron chi connectivity index (χ0n) is 11.2. The molecule has 1 aromatic carbocycles. The van der Waals surface area contributed by atoms with Crippen molar-refractivity contribution in [2.24, 2.45) is 0 Å². The van der Waals surface area contributed by atoms with Crippen LogP contribution in [0.15, 0.2) is 24.3 Å². The van der Waals surface area contributed by atoms with Crippen LogP contribution in [-0.2, 0) is 17.4 Å². The van der Waals surface area contributed by atoms with E-state index in [1.54, 1.807) is 4.90 Å². The highest BCUT2D eigenvalue weighted by atomic mass is 19.4.